The maximum Gasteiger partial charge on any atom is 0.352 e. The first kappa shape index (κ1) is 14.7. The normalized spacial score (nSPS) is 27.8. The second-order valence-electron chi connectivity index (χ2n) is 5.01. The Labute approximate surface area is 116 Å². The lowest BCUT2D eigenvalue weighted by atomic mass is 9.81. The minimum atomic E-state index is -3.48. The molecule has 8 heteroatoms. The molecular formula is C12H15NO6S. The standard InChI is InChI=1S/C12H15NO6S/c1-6(14)10-9-5-7(20(2,18)19)3-4-8(12(16)17)13(9)11(10)15/h3-4,6,9-10,14H,5H2,1-2H3,(H,16,17)/t6-,9-,10-/m1/s1. The number of carbonyl (C=O) groups excluding carboxylic acids is 1. The average Bonchev–Trinajstić information content (AvgIpc) is 2.44. The number of aliphatic hydroxyl groups excluding tert-OH is 1. The van der Waals surface area contributed by atoms with E-state index in [1.165, 1.54) is 13.0 Å². The van der Waals surface area contributed by atoms with Gasteiger partial charge < -0.3 is 15.1 Å². The zero-order chi connectivity index (χ0) is 15.2. The van der Waals surface area contributed by atoms with E-state index in [2.05, 4.69) is 0 Å². The van der Waals surface area contributed by atoms with Crippen LogP contribution >= 0.6 is 0 Å². The first-order valence-corrected chi connectivity index (χ1v) is 7.89. The van der Waals surface area contributed by atoms with E-state index < -0.39 is 39.8 Å². The molecule has 1 amide bonds. The summed E-state index contributed by atoms with van der Waals surface area (Å²) in [5.41, 5.74) is -0.268. The Morgan fingerprint density at radius 3 is 2.50 bits per heavy atom. The third-order valence-electron chi connectivity index (χ3n) is 3.58. The predicted octanol–water partition coefficient (Wildman–Crippen LogP) is -0.505. The molecule has 0 unspecified atom stereocenters. The van der Waals surface area contributed by atoms with Gasteiger partial charge in [-0.25, -0.2) is 13.2 Å². The van der Waals surface area contributed by atoms with Crippen LogP contribution in [0.3, 0.4) is 0 Å². The first-order valence-electron chi connectivity index (χ1n) is 6.00. The zero-order valence-electron chi connectivity index (χ0n) is 11.0. The number of carbonyl (C=O) groups is 2. The van der Waals surface area contributed by atoms with Gasteiger partial charge in [0.25, 0.3) is 0 Å². The van der Waals surface area contributed by atoms with Crippen molar-refractivity contribution >= 4 is 21.7 Å². The minimum absolute atomic E-state index is 0.00736. The molecule has 0 radical (unpaired) electrons. The Kier molecular flexibility index (Phi) is 3.47. The Hall–Kier alpha value is -1.67. The van der Waals surface area contributed by atoms with Crippen molar-refractivity contribution in [1.29, 1.82) is 0 Å². The van der Waals surface area contributed by atoms with Gasteiger partial charge in [-0.2, -0.15) is 0 Å². The number of nitrogens with zero attached hydrogens (tertiary/aromatic N) is 1. The van der Waals surface area contributed by atoms with Crippen LogP contribution in [0.15, 0.2) is 22.8 Å². The zero-order valence-corrected chi connectivity index (χ0v) is 11.8. The number of hydrogen-bond acceptors (Lipinski definition) is 5. The van der Waals surface area contributed by atoms with Gasteiger partial charge >= 0.3 is 5.97 Å². The lowest BCUT2D eigenvalue weighted by Gasteiger charge is -2.47. The predicted molar refractivity (Wildman–Crippen MR) is 69.1 cm³/mol. The number of allylic oxidation sites excluding steroid dienone is 2. The van der Waals surface area contributed by atoms with Crippen molar-refractivity contribution in [3.63, 3.8) is 0 Å². The van der Waals surface area contributed by atoms with Crippen molar-refractivity contribution in [3.05, 3.63) is 22.8 Å². The van der Waals surface area contributed by atoms with E-state index >= 15 is 0 Å². The first-order chi connectivity index (χ1) is 9.14. The molecule has 1 fully saturated rings. The van der Waals surface area contributed by atoms with Crippen LogP contribution in [0.4, 0.5) is 0 Å². The van der Waals surface area contributed by atoms with Gasteiger partial charge in [0.15, 0.2) is 9.84 Å². The topological polar surface area (TPSA) is 112 Å². The smallest absolute Gasteiger partial charge is 0.352 e. The van der Waals surface area contributed by atoms with Crippen LogP contribution in [0.5, 0.6) is 0 Å². The monoisotopic (exact) mass is 301 g/mol. The van der Waals surface area contributed by atoms with Gasteiger partial charge in [-0.05, 0) is 19.1 Å². The van der Waals surface area contributed by atoms with E-state index in [4.69, 9.17) is 5.11 Å². The molecule has 0 bridgehead atoms. The molecule has 0 aliphatic carbocycles. The number of β-lactam (4-membered cyclic amide) rings is 1. The number of sulfone groups is 1. The molecule has 0 aromatic rings. The molecule has 2 aliphatic rings. The highest BCUT2D eigenvalue weighted by molar-refractivity contribution is 7.94. The number of carboxylic acid groups (broad SMARTS) is 1. The van der Waals surface area contributed by atoms with Crippen molar-refractivity contribution < 1.29 is 28.2 Å². The largest absolute Gasteiger partial charge is 0.477 e. The Balaban J connectivity index is 2.47. The molecular weight excluding hydrogens is 286 g/mol. The van der Waals surface area contributed by atoms with Crippen molar-refractivity contribution in [2.75, 3.05) is 6.26 Å². The molecule has 20 heavy (non-hydrogen) atoms. The van der Waals surface area contributed by atoms with Gasteiger partial charge in [0.1, 0.15) is 5.70 Å². The van der Waals surface area contributed by atoms with Gasteiger partial charge in [-0.15, -0.1) is 0 Å². The molecule has 0 saturated carbocycles. The van der Waals surface area contributed by atoms with Gasteiger partial charge in [0.2, 0.25) is 5.91 Å². The highest BCUT2D eigenvalue weighted by Crippen LogP contribution is 2.39. The summed E-state index contributed by atoms with van der Waals surface area (Å²) in [4.78, 5) is 24.2. The molecule has 2 N–H and O–H groups in total. The number of aliphatic hydroxyl groups is 1. The van der Waals surface area contributed by atoms with Crippen LogP contribution in [-0.2, 0) is 19.4 Å². The van der Waals surface area contributed by atoms with Crippen LogP contribution < -0.4 is 0 Å². The quantitative estimate of drug-likeness (QED) is 0.679. The average molecular weight is 301 g/mol. The second-order valence-corrected chi connectivity index (χ2v) is 7.08. The molecule has 3 atom stereocenters. The molecule has 2 heterocycles. The summed E-state index contributed by atoms with van der Waals surface area (Å²) in [6, 6.07) is -0.645. The van der Waals surface area contributed by atoms with Crippen LogP contribution in [-0.4, -0.2) is 53.8 Å². The lowest BCUT2D eigenvalue weighted by molar-refractivity contribution is -0.163. The van der Waals surface area contributed by atoms with E-state index in [1.807, 2.05) is 0 Å². The van der Waals surface area contributed by atoms with Crippen LogP contribution in [0.1, 0.15) is 13.3 Å². The number of hydrogen-bond donors (Lipinski definition) is 2. The van der Waals surface area contributed by atoms with E-state index in [1.54, 1.807) is 0 Å². The minimum Gasteiger partial charge on any atom is -0.477 e. The summed E-state index contributed by atoms with van der Waals surface area (Å²) in [5.74, 6) is -2.58. The molecule has 2 rings (SSSR count). The van der Waals surface area contributed by atoms with E-state index in [0.29, 0.717) is 0 Å². The van der Waals surface area contributed by atoms with Crippen LogP contribution in [0.25, 0.3) is 0 Å². The Morgan fingerprint density at radius 2 is 2.05 bits per heavy atom. The summed E-state index contributed by atoms with van der Waals surface area (Å²) >= 11 is 0. The maximum atomic E-state index is 12.0. The Bertz CT molecular complexity index is 630. The highest BCUT2D eigenvalue weighted by atomic mass is 32.2. The summed E-state index contributed by atoms with van der Waals surface area (Å²) in [6.45, 7) is 1.43. The fraction of sp³-hybridized carbons (Fsp3) is 0.500. The van der Waals surface area contributed by atoms with Crippen LogP contribution in [0.2, 0.25) is 0 Å². The third kappa shape index (κ3) is 2.25. The maximum absolute atomic E-state index is 12.0. The Morgan fingerprint density at radius 1 is 1.45 bits per heavy atom. The number of fused-ring (bicyclic) bond motifs is 1. The lowest BCUT2D eigenvalue weighted by Crippen LogP contribution is -2.64. The molecule has 0 aromatic heterocycles. The van der Waals surface area contributed by atoms with Crippen molar-refractivity contribution in [2.24, 2.45) is 5.92 Å². The molecule has 1 saturated heterocycles. The summed E-state index contributed by atoms with van der Waals surface area (Å²) in [5, 5.41) is 18.7. The molecule has 0 spiro atoms. The van der Waals surface area contributed by atoms with E-state index in [-0.39, 0.29) is 17.0 Å². The van der Waals surface area contributed by atoms with E-state index in [9.17, 15) is 23.1 Å². The van der Waals surface area contributed by atoms with Crippen LogP contribution in [0, 0.1) is 5.92 Å². The van der Waals surface area contributed by atoms with Gasteiger partial charge in [0, 0.05) is 17.6 Å². The summed E-state index contributed by atoms with van der Waals surface area (Å²) in [7, 11) is -3.48. The fourth-order valence-electron chi connectivity index (χ4n) is 2.59. The molecule has 2 aliphatic heterocycles. The van der Waals surface area contributed by atoms with Gasteiger partial charge in [-0.3, -0.25) is 4.79 Å². The summed E-state index contributed by atoms with van der Waals surface area (Å²) < 4.78 is 23.3. The number of aliphatic carboxylic acids is 1. The fourth-order valence-corrected chi connectivity index (χ4v) is 3.37. The number of amides is 1. The van der Waals surface area contributed by atoms with E-state index in [0.717, 1.165) is 17.2 Å². The molecule has 7 nitrogen and oxygen atoms in total. The SMILES string of the molecule is C[C@@H](O)[C@H]1C(=O)N2C(C(=O)O)=CC=C(S(C)(=O)=O)C[C@H]12. The highest BCUT2D eigenvalue weighted by Gasteiger charge is 2.53. The third-order valence-corrected chi connectivity index (χ3v) is 4.84. The molecule has 110 valence electrons. The van der Waals surface area contributed by atoms with Crippen molar-refractivity contribution in [1.82, 2.24) is 4.90 Å². The second kappa shape index (κ2) is 4.71. The number of rotatable bonds is 3. The van der Waals surface area contributed by atoms with Crippen molar-refractivity contribution in [2.45, 2.75) is 25.5 Å². The summed E-state index contributed by atoms with van der Waals surface area (Å²) in [6.07, 6.45) is 2.41. The number of carboxylic acids is 1. The van der Waals surface area contributed by atoms with Gasteiger partial charge in [0.05, 0.1) is 18.1 Å². The van der Waals surface area contributed by atoms with Crippen molar-refractivity contribution in [3.8, 4) is 0 Å². The van der Waals surface area contributed by atoms with Gasteiger partial charge in [-0.1, -0.05) is 0 Å². The molecule has 0 aromatic carbocycles.